The summed E-state index contributed by atoms with van der Waals surface area (Å²) >= 11 is 0. The van der Waals surface area contributed by atoms with E-state index in [-0.39, 0.29) is 11.9 Å². The molecule has 0 bridgehead atoms. The van der Waals surface area contributed by atoms with Gasteiger partial charge >= 0.3 is 5.97 Å². The SMILES string of the molecule is CCOC(=O)c1cnn2c1C(CN)CCC2. The Morgan fingerprint density at radius 1 is 1.75 bits per heavy atom. The fourth-order valence-electron chi connectivity index (χ4n) is 2.22. The van der Waals surface area contributed by atoms with Crippen LogP contribution in [0.3, 0.4) is 0 Å². The Morgan fingerprint density at radius 2 is 2.56 bits per heavy atom. The predicted octanol–water partition coefficient (Wildman–Crippen LogP) is 0.896. The molecule has 1 aliphatic heterocycles. The lowest BCUT2D eigenvalue weighted by molar-refractivity contribution is 0.0524. The first-order valence-corrected chi connectivity index (χ1v) is 5.70. The Balaban J connectivity index is 2.33. The highest BCUT2D eigenvalue weighted by Gasteiger charge is 2.27. The second kappa shape index (κ2) is 4.65. The van der Waals surface area contributed by atoms with Gasteiger partial charge in [0.25, 0.3) is 0 Å². The summed E-state index contributed by atoms with van der Waals surface area (Å²) in [7, 11) is 0. The quantitative estimate of drug-likeness (QED) is 0.773. The van der Waals surface area contributed by atoms with Crippen LogP contribution in [0.4, 0.5) is 0 Å². The molecule has 88 valence electrons. The monoisotopic (exact) mass is 223 g/mol. The highest BCUT2D eigenvalue weighted by atomic mass is 16.5. The van der Waals surface area contributed by atoms with E-state index in [1.807, 2.05) is 4.68 Å². The van der Waals surface area contributed by atoms with Crippen molar-refractivity contribution in [2.24, 2.45) is 5.73 Å². The van der Waals surface area contributed by atoms with Gasteiger partial charge in [0.2, 0.25) is 0 Å². The second-order valence-corrected chi connectivity index (χ2v) is 3.96. The summed E-state index contributed by atoms with van der Waals surface area (Å²) in [6.07, 6.45) is 3.69. The Hall–Kier alpha value is -1.36. The molecule has 0 aromatic carbocycles. The first-order valence-electron chi connectivity index (χ1n) is 5.70. The van der Waals surface area contributed by atoms with Crippen molar-refractivity contribution in [2.75, 3.05) is 13.2 Å². The number of aryl methyl sites for hydroxylation is 1. The molecule has 2 rings (SSSR count). The fourth-order valence-corrected chi connectivity index (χ4v) is 2.22. The van der Waals surface area contributed by atoms with Gasteiger partial charge in [-0.25, -0.2) is 4.79 Å². The molecule has 2 N–H and O–H groups in total. The molecule has 1 unspecified atom stereocenters. The van der Waals surface area contributed by atoms with Crippen LogP contribution in [0.1, 0.15) is 41.7 Å². The first kappa shape index (κ1) is 11.1. The number of esters is 1. The van der Waals surface area contributed by atoms with E-state index in [4.69, 9.17) is 10.5 Å². The van der Waals surface area contributed by atoms with Gasteiger partial charge in [-0.15, -0.1) is 0 Å². The number of nitrogens with zero attached hydrogens (tertiary/aromatic N) is 2. The highest BCUT2D eigenvalue weighted by molar-refractivity contribution is 5.90. The standard InChI is InChI=1S/C11H17N3O2/c1-2-16-11(15)9-7-13-14-5-3-4-8(6-12)10(9)14/h7-8H,2-6,12H2,1H3. The third kappa shape index (κ3) is 1.82. The van der Waals surface area contributed by atoms with Gasteiger partial charge in [-0.1, -0.05) is 0 Å². The number of hydrogen-bond acceptors (Lipinski definition) is 4. The lowest BCUT2D eigenvalue weighted by Crippen LogP contribution is -2.24. The normalized spacial score (nSPS) is 19.2. The van der Waals surface area contributed by atoms with E-state index in [1.54, 1.807) is 13.1 Å². The number of fused-ring (bicyclic) bond motifs is 1. The average molecular weight is 223 g/mol. The minimum Gasteiger partial charge on any atom is -0.462 e. The van der Waals surface area contributed by atoms with Crippen molar-refractivity contribution >= 4 is 5.97 Å². The van der Waals surface area contributed by atoms with Crippen molar-refractivity contribution in [1.29, 1.82) is 0 Å². The lowest BCUT2D eigenvalue weighted by Gasteiger charge is -2.23. The molecule has 2 heterocycles. The zero-order valence-corrected chi connectivity index (χ0v) is 9.48. The minimum atomic E-state index is -0.288. The number of carbonyl (C=O) groups excluding carboxylic acids is 1. The molecule has 0 amide bonds. The molecule has 0 spiro atoms. The van der Waals surface area contributed by atoms with Crippen LogP contribution in [0.2, 0.25) is 0 Å². The molecule has 0 aliphatic carbocycles. The van der Waals surface area contributed by atoms with E-state index < -0.39 is 0 Å². The average Bonchev–Trinajstić information content (AvgIpc) is 2.72. The van der Waals surface area contributed by atoms with Crippen molar-refractivity contribution in [3.8, 4) is 0 Å². The van der Waals surface area contributed by atoms with Gasteiger partial charge in [-0.2, -0.15) is 5.10 Å². The van der Waals surface area contributed by atoms with Crippen LogP contribution in [0.15, 0.2) is 6.20 Å². The second-order valence-electron chi connectivity index (χ2n) is 3.96. The third-order valence-corrected chi connectivity index (χ3v) is 2.97. The minimum absolute atomic E-state index is 0.232. The number of rotatable bonds is 3. The molecule has 0 saturated carbocycles. The predicted molar refractivity (Wildman–Crippen MR) is 59.2 cm³/mol. The van der Waals surface area contributed by atoms with E-state index in [0.717, 1.165) is 25.1 Å². The van der Waals surface area contributed by atoms with Gasteiger partial charge in [0.1, 0.15) is 5.56 Å². The van der Waals surface area contributed by atoms with E-state index >= 15 is 0 Å². The summed E-state index contributed by atoms with van der Waals surface area (Å²) in [4.78, 5) is 11.7. The highest BCUT2D eigenvalue weighted by Crippen LogP contribution is 2.29. The van der Waals surface area contributed by atoms with Gasteiger partial charge in [0.15, 0.2) is 0 Å². The molecule has 0 radical (unpaired) electrons. The summed E-state index contributed by atoms with van der Waals surface area (Å²) < 4.78 is 6.89. The van der Waals surface area contributed by atoms with Crippen LogP contribution < -0.4 is 5.73 Å². The van der Waals surface area contributed by atoms with Crippen LogP contribution in [0.25, 0.3) is 0 Å². The van der Waals surface area contributed by atoms with Gasteiger partial charge in [0.05, 0.1) is 18.5 Å². The van der Waals surface area contributed by atoms with E-state index in [9.17, 15) is 4.79 Å². The lowest BCUT2D eigenvalue weighted by atomic mass is 9.93. The maximum absolute atomic E-state index is 11.7. The van der Waals surface area contributed by atoms with Crippen LogP contribution in [0.5, 0.6) is 0 Å². The molecule has 1 aromatic rings. The summed E-state index contributed by atoms with van der Waals surface area (Å²) in [6.45, 7) is 3.61. The van der Waals surface area contributed by atoms with Crippen molar-refractivity contribution in [2.45, 2.75) is 32.2 Å². The van der Waals surface area contributed by atoms with Gasteiger partial charge in [-0.3, -0.25) is 4.68 Å². The van der Waals surface area contributed by atoms with Crippen LogP contribution in [-0.2, 0) is 11.3 Å². The van der Waals surface area contributed by atoms with Crippen molar-refractivity contribution in [1.82, 2.24) is 9.78 Å². The molecular weight excluding hydrogens is 206 g/mol. The number of aromatic nitrogens is 2. The molecule has 1 aromatic heterocycles. The van der Waals surface area contributed by atoms with Crippen molar-refractivity contribution in [3.63, 3.8) is 0 Å². The zero-order valence-electron chi connectivity index (χ0n) is 9.48. The summed E-state index contributed by atoms with van der Waals surface area (Å²) in [6, 6.07) is 0. The van der Waals surface area contributed by atoms with Crippen LogP contribution in [0, 0.1) is 0 Å². The van der Waals surface area contributed by atoms with Crippen molar-refractivity contribution in [3.05, 3.63) is 17.5 Å². The molecule has 5 nitrogen and oxygen atoms in total. The Labute approximate surface area is 94.6 Å². The maximum atomic E-state index is 11.7. The number of hydrogen-bond donors (Lipinski definition) is 1. The molecular formula is C11H17N3O2. The largest absolute Gasteiger partial charge is 0.462 e. The number of ether oxygens (including phenoxy) is 1. The Bertz CT molecular complexity index is 387. The molecule has 16 heavy (non-hydrogen) atoms. The van der Waals surface area contributed by atoms with Gasteiger partial charge < -0.3 is 10.5 Å². The molecule has 5 heteroatoms. The van der Waals surface area contributed by atoms with Crippen LogP contribution >= 0.6 is 0 Å². The zero-order chi connectivity index (χ0) is 11.5. The van der Waals surface area contributed by atoms with Crippen molar-refractivity contribution < 1.29 is 9.53 Å². The van der Waals surface area contributed by atoms with Crippen LogP contribution in [-0.4, -0.2) is 28.9 Å². The third-order valence-electron chi connectivity index (χ3n) is 2.97. The molecule has 0 fully saturated rings. The van der Waals surface area contributed by atoms with E-state index in [1.165, 1.54) is 0 Å². The van der Waals surface area contributed by atoms with Gasteiger partial charge in [-0.05, 0) is 19.8 Å². The number of carbonyl (C=O) groups is 1. The summed E-state index contributed by atoms with van der Waals surface area (Å²) in [5, 5.41) is 4.22. The van der Waals surface area contributed by atoms with E-state index in [2.05, 4.69) is 5.10 Å². The summed E-state index contributed by atoms with van der Waals surface area (Å²) in [5.41, 5.74) is 7.26. The van der Waals surface area contributed by atoms with E-state index in [0.29, 0.717) is 18.7 Å². The fraction of sp³-hybridized carbons (Fsp3) is 0.636. The maximum Gasteiger partial charge on any atom is 0.341 e. The smallest absolute Gasteiger partial charge is 0.341 e. The topological polar surface area (TPSA) is 70.1 Å². The molecule has 1 atom stereocenters. The number of nitrogens with two attached hydrogens (primary N) is 1. The molecule has 0 saturated heterocycles. The van der Waals surface area contributed by atoms with Gasteiger partial charge in [0, 0.05) is 19.0 Å². The molecule has 1 aliphatic rings. The first-order chi connectivity index (χ1) is 7.77. The Kier molecular flexibility index (Phi) is 3.24. The Morgan fingerprint density at radius 3 is 3.25 bits per heavy atom. The summed E-state index contributed by atoms with van der Waals surface area (Å²) in [5.74, 6) is -0.0558.